The highest BCUT2D eigenvalue weighted by Crippen LogP contribution is 2.29. The summed E-state index contributed by atoms with van der Waals surface area (Å²) in [6.07, 6.45) is 1.69. The maximum atomic E-state index is 12.7. The Balaban J connectivity index is 1.93. The van der Waals surface area contributed by atoms with Crippen LogP contribution in [0, 0.1) is 0 Å². The Labute approximate surface area is 123 Å². The highest BCUT2D eigenvalue weighted by atomic mass is 16.5. The molecule has 2 aromatic rings. The van der Waals surface area contributed by atoms with Crippen molar-refractivity contribution >= 4 is 16.9 Å². The van der Waals surface area contributed by atoms with Gasteiger partial charge in [-0.3, -0.25) is 4.79 Å². The van der Waals surface area contributed by atoms with Crippen LogP contribution in [0.25, 0.3) is 11.0 Å². The topological polar surface area (TPSA) is 51.9 Å². The Kier molecular flexibility index (Phi) is 3.59. The molecular formula is C16H19NO4. The summed E-state index contributed by atoms with van der Waals surface area (Å²) in [5.41, 5.74) is 1.24. The Morgan fingerprint density at radius 1 is 1.29 bits per heavy atom. The van der Waals surface area contributed by atoms with Crippen molar-refractivity contribution < 1.29 is 18.7 Å². The van der Waals surface area contributed by atoms with E-state index in [4.69, 9.17) is 13.9 Å². The predicted octanol–water partition coefficient (Wildman–Crippen LogP) is 2.69. The predicted molar refractivity (Wildman–Crippen MR) is 78.7 cm³/mol. The number of fused-ring (bicyclic) bond motifs is 1. The second-order valence-electron chi connectivity index (χ2n) is 5.48. The largest absolute Gasteiger partial charge is 0.496 e. The van der Waals surface area contributed by atoms with Crippen LogP contribution >= 0.6 is 0 Å². The van der Waals surface area contributed by atoms with Crippen molar-refractivity contribution in [1.82, 2.24) is 4.90 Å². The molecule has 5 heteroatoms. The van der Waals surface area contributed by atoms with Crippen molar-refractivity contribution in [3.05, 3.63) is 30.0 Å². The Hall–Kier alpha value is -2.01. The van der Waals surface area contributed by atoms with Crippen molar-refractivity contribution in [3.8, 4) is 5.75 Å². The molecule has 1 aliphatic heterocycles. The zero-order chi connectivity index (χ0) is 15.0. The third-order valence-electron chi connectivity index (χ3n) is 3.71. The minimum absolute atomic E-state index is 0.0198. The van der Waals surface area contributed by atoms with E-state index in [2.05, 4.69) is 0 Å². The number of carbonyl (C=O) groups excluding carboxylic acids is 1. The standard InChI is InChI=1S/C16H19NO4/c1-10-8-17(9-11(2)21-10)16(18)12-6-14(19-3)13-4-5-20-15(13)7-12/h4-7,10-11H,8-9H2,1-3H3. The SMILES string of the molecule is COc1cc(C(=O)N2CC(C)OC(C)C2)cc2occc12. The fourth-order valence-corrected chi connectivity index (χ4v) is 2.86. The second-order valence-corrected chi connectivity index (χ2v) is 5.48. The molecule has 0 bridgehead atoms. The van der Waals surface area contributed by atoms with Gasteiger partial charge in [-0.05, 0) is 32.0 Å². The summed E-state index contributed by atoms with van der Waals surface area (Å²) < 4.78 is 16.4. The van der Waals surface area contributed by atoms with Crippen LogP contribution in [0.5, 0.6) is 5.75 Å². The van der Waals surface area contributed by atoms with Crippen LogP contribution in [-0.4, -0.2) is 43.2 Å². The number of methoxy groups -OCH3 is 1. The van der Waals surface area contributed by atoms with Gasteiger partial charge in [-0.15, -0.1) is 0 Å². The fourth-order valence-electron chi connectivity index (χ4n) is 2.86. The first kappa shape index (κ1) is 13.9. The van der Waals surface area contributed by atoms with Crippen LogP contribution in [0.15, 0.2) is 28.9 Å². The molecule has 112 valence electrons. The monoisotopic (exact) mass is 289 g/mol. The molecule has 21 heavy (non-hydrogen) atoms. The number of ether oxygens (including phenoxy) is 2. The number of carbonyl (C=O) groups is 1. The van der Waals surface area contributed by atoms with Gasteiger partial charge in [-0.25, -0.2) is 0 Å². The van der Waals surface area contributed by atoms with Crippen molar-refractivity contribution in [2.45, 2.75) is 26.1 Å². The molecular weight excluding hydrogens is 270 g/mol. The Morgan fingerprint density at radius 2 is 2.00 bits per heavy atom. The van der Waals surface area contributed by atoms with Crippen LogP contribution in [0.1, 0.15) is 24.2 Å². The average molecular weight is 289 g/mol. The van der Waals surface area contributed by atoms with Gasteiger partial charge < -0.3 is 18.8 Å². The van der Waals surface area contributed by atoms with E-state index in [1.165, 1.54) is 0 Å². The summed E-state index contributed by atoms with van der Waals surface area (Å²) in [6.45, 7) is 5.15. The molecule has 5 nitrogen and oxygen atoms in total. The lowest BCUT2D eigenvalue weighted by Crippen LogP contribution is -2.48. The third-order valence-corrected chi connectivity index (χ3v) is 3.71. The molecule has 2 heterocycles. The van der Waals surface area contributed by atoms with Gasteiger partial charge in [0.05, 0.1) is 31.0 Å². The van der Waals surface area contributed by atoms with E-state index in [1.54, 1.807) is 25.5 Å². The van der Waals surface area contributed by atoms with E-state index in [0.29, 0.717) is 30.0 Å². The third kappa shape index (κ3) is 2.61. The Bertz CT molecular complexity index is 653. The second kappa shape index (κ2) is 5.41. The molecule has 1 aromatic carbocycles. The number of furan rings is 1. The molecule has 1 fully saturated rings. The van der Waals surface area contributed by atoms with Crippen molar-refractivity contribution in [3.63, 3.8) is 0 Å². The van der Waals surface area contributed by atoms with Gasteiger partial charge in [0.2, 0.25) is 0 Å². The van der Waals surface area contributed by atoms with Crippen molar-refractivity contribution in [2.24, 2.45) is 0 Å². The van der Waals surface area contributed by atoms with Crippen LogP contribution in [-0.2, 0) is 4.74 Å². The molecule has 1 saturated heterocycles. The summed E-state index contributed by atoms with van der Waals surface area (Å²) in [4.78, 5) is 14.5. The highest BCUT2D eigenvalue weighted by molar-refractivity contribution is 5.99. The quantitative estimate of drug-likeness (QED) is 0.853. The number of benzene rings is 1. The van der Waals surface area contributed by atoms with Gasteiger partial charge in [0.15, 0.2) is 0 Å². The van der Waals surface area contributed by atoms with Gasteiger partial charge in [-0.1, -0.05) is 0 Å². The van der Waals surface area contributed by atoms with E-state index in [-0.39, 0.29) is 18.1 Å². The summed E-state index contributed by atoms with van der Waals surface area (Å²) in [7, 11) is 1.59. The van der Waals surface area contributed by atoms with Gasteiger partial charge in [0.1, 0.15) is 11.3 Å². The Morgan fingerprint density at radius 3 is 2.67 bits per heavy atom. The summed E-state index contributed by atoms with van der Waals surface area (Å²) in [5, 5.41) is 0.873. The molecule has 0 spiro atoms. The molecule has 2 atom stereocenters. The molecule has 0 N–H and O–H groups in total. The number of hydrogen-bond donors (Lipinski definition) is 0. The fraction of sp³-hybridized carbons (Fsp3) is 0.438. The van der Waals surface area contributed by atoms with Gasteiger partial charge in [-0.2, -0.15) is 0 Å². The van der Waals surface area contributed by atoms with E-state index in [9.17, 15) is 4.79 Å². The molecule has 2 unspecified atom stereocenters. The number of rotatable bonds is 2. The maximum absolute atomic E-state index is 12.7. The molecule has 1 aliphatic rings. The zero-order valence-corrected chi connectivity index (χ0v) is 12.5. The molecule has 1 aromatic heterocycles. The minimum atomic E-state index is -0.0198. The number of nitrogens with zero attached hydrogens (tertiary/aromatic N) is 1. The van der Waals surface area contributed by atoms with E-state index in [1.807, 2.05) is 24.8 Å². The number of morpholine rings is 1. The average Bonchev–Trinajstić information content (AvgIpc) is 2.92. The normalized spacial score (nSPS) is 22.5. The van der Waals surface area contributed by atoms with Crippen LogP contribution in [0.3, 0.4) is 0 Å². The summed E-state index contributed by atoms with van der Waals surface area (Å²) in [6, 6.07) is 5.37. The van der Waals surface area contributed by atoms with Gasteiger partial charge >= 0.3 is 0 Å². The molecule has 0 saturated carbocycles. The van der Waals surface area contributed by atoms with Gasteiger partial charge in [0, 0.05) is 18.7 Å². The molecule has 0 radical (unpaired) electrons. The van der Waals surface area contributed by atoms with Crippen molar-refractivity contribution in [1.29, 1.82) is 0 Å². The van der Waals surface area contributed by atoms with E-state index >= 15 is 0 Å². The molecule has 0 aliphatic carbocycles. The zero-order valence-electron chi connectivity index (χ0n) is 12.5. The summed E-state index contributed by atoms with van der Waals surface area (Å²) >= 11 is 0. The smallest absolute Gasteiger partial charge is 0.254 e. The van der Waals surface area contributed by atoms with Crippen LogP contribution in [0.2, 0.25) is 0 Å². The van der Waals surface area contributed by atoms with Gasteiger partial charge in [0.25, 0.3) is 5.91 Å². The van der Waals surface area contributed by atoms with E-state index < -0.39 is 0 Å². The molecule has 3 rings (SSSR count). The van der Waals surface area contributed by atoms with Crippen molar-refractivity contribution in [2.75, 3.05) is 20.2 Å². The summed E-state index contributed by atoms with van der Waals surface area (Å²) in [5.74, 6) is 0.632. The first-order valence-electron chi connectivity index (χ1n) is 7.08. The lowest BCUT2D eigenvalue weighted by Gasteiger charge is -2.35. The molecule has 1 amide bonds. The minimum Gasteiger partial charge on any atom is -0.496 e. The maximum Gasteiger partial charge on any atom is 0.254 e. The van der Waals surface area contributed by atoms with Crippen LogP contribution < -0.4 is 4.74 Å². The van der Waals surface area contributed by atoms with E-state index in [0.717, 1.165) is 5.39 Å². The lowest BCUT2D eigenvalue weighted by atomic mass is 10.1. The number of hydrogen-bond acceptors (Lipinski definition) is 4. The highest BCUT2D eigenvalue weighted by Gasteiger charge is 2.27. The van der Waals surface area contributed by atoms with Crippen LogP contribution in [0.4, 0.5) is 0 Å². The number of amides is 1. The first-order valence-corrected chi connectivity index (χ1v) is 7.08. The first-order chi connectivity index (χ1) is 10.1. The lowest BCUT2D eigenvalue weighted by molar-refractivity contribution is -0.0586.